The SMILES string of the molecule is Cc1ccc(S(=O)(=O)OCCOCCOCCOCCOCCOCCOC(=O)c2ccccc2Nc2cccc(C(F)(F)F)c2)cc1. The van der Waals surface area contributed by atoms with Gasteiger partial charge in [-0.25, -0.2) is 4.79 Å². The van der Waals surface area contributed by atoms with Gasteiger partial charge in [-0.15, -0.1) is 0 Å². The number of halogens is 3. The van der Waals surface area contributed by atoms with Crippen molar-refractivity contribution in [2.24, 2.45) is 0 Å². The number of anilines is 2. The molecule has 0 unspecified atom stereocenters. The fraction of sp³-hybridized carbons (Fsp3) is 0.424. The fourth-order valence-corrected chi connectivity index (χ4v) is 4.82. The molecule has 3 aromatic rings. The second-order valence-corrected chi connectivity index (χ2v) is 11.7. The van der Waals surface area contributed by atoms with Gasteiger partial charge in [0.1, 0.15) is 6.61 Å². The molecule has 264 valence electrons. The number of rotatable bonds is 23. The average Bonchev–Trinajstić information content (AvgIpc) is 3.06. The molecule has 3 aromatic carbocycles. The molecule has 15 heteroatoms. The Morgan fingerprint density at radius 3 is 1.75 bits per heavy atom. The van der Waals surface area contributed by atoms with Gasteiger partial charge in [0.15, 0.2) is 0 Å². The highest BCUT2D eigenvalue weighted by Gasteiger charge is 2.30. The number of hydrogen-bond acceptors (Lipinski definition) is 11. The van der Waals surface area contributed by atoms with E-state index in [9.17, 15) is 26.4 Å². The van der Waals surface area contributed by atoms with Crippen LogP contribution in [-0.4, -0.2) is 93.7 Å². The Morgan fingerprint density at radius 2 is 1.19 bits per heavy atom. The van der Waals surface area contributed by atoms with Crippen LogP contribution in [0.15, 0.2) is 77.7 Å². The molecule has 0 aliphatic carbocycles. The second kappa shape index (κ2) is 20.7. The number of esters is 1. The Balaban J connectivity index is 1.12. The van der Waals surface area contributed by atoms with Gasteiger partial charge < -0.3 is 33.7 Å². The molecular weight excluding hydrogens is 659 g/mol. The molecule has 0 saturated heterocycles. The summed E-state index contributed by atoms with van der Waals surface area (Å²) < 4.78 is 100. The van der Waals surface area contributed by atoms with E-state index in [1.54, 1.807) is 30.3 Å². The summed E-state index contributed by atoms with van der Waals surface area (Å²) in [7, 11) is -3.81. The minimum absolute atomic E-state index is 0.0193. The van der Waals surface area contributed by atoms with E-state index in [2.05, 4.69) is 5.32 Å². The number of alkyl halides is 3. The Morgan fingerprint density at radius 1 is 0.667 bits per heavy atom. The van der Waals surface area contributed by atoms with E-state index in [0.717, 1.165) is 17.7 Å². The summed E-state index contributed by atoms with van der Waals surface area (Å²) in [4.78, 5) is 12.7. The van der Waals surface area contributed by atoms with Crippen LogP contribution in [0.3, 0.4) is 0 Å². The third-order valence-electron chi connectivity index (χ3n) is 6.34. The van der Waals surface area contributed by atoms with Crippen molar-refractivity contribution in [3.05, 3.63) is 89.5 Å². The number of benzene rings is 3. The molecule has 11 nitrogen and oxygen atoms in total. The van der Waals surface area contributed by atoms with E-state index in [1.165, 1.54) is 30.3 Å². The van der Waals surface area contributed by atoms with Crippen LogP contribution >= 0.6 is 0 Å². The van der Waals surface area contributed by atoms with Gasteiger partial charge in [0.25, 0.3) is 10.1 Å². The largest absolute Gasteiger partial charge is 0.460 e. The normalized spacial score (nSPS) is 11.8. The third kappa shape index (κ3) is 14.7. The maximum absolute atomic E-state index is 13.0. The molecule has 0 amide bonds. The molecular formula is C33H40F3NO10S. The summed E-state index contributed by atoms with van der Waals surface area (Å²) in [6.07, 6.45) is -4.48. The van der Waals surface area contributed by atoms with E-state index in [4.69, 9.17) is 32.6 Å². The van der Waals surface area contributed by atoms with Crippen LogP contribution in [0.25, 0.3) is 0 Å². The van der Waals surface area contributed by atoms with E-state index in [-0.39, 0.29) is 55.8 Å². The molecule has 0 aliphatic heterocycles. The van der Waals surface area contributed by atoms with Crippen LogP contribution in [0.4, 0.5) is 24.5 Å². The zero-order valence-corrected chi connectivity index (χ0v) is 27.4. The standard InChI is InChI=1S/C33H40F3NO10S/c1-26-9-11-29(12-10-26)48(39,40)47-24-22-45-20-18-43-16-14-41-13-15-42-17-19-44-21-23-46-32(38)30-7-2-3-8-31(30)37-28-6-4-5-27(25-28)33(34,35)36/h2-12,25,37H,13-24H2,1H3. The Labute approximate surface area is 278 Å². The predicted octanol–water partition coefficient (Wildman–Crippen LogP) is 5.40. The smallest absolute Gasteiger partial charge is 0.416 e. The van der Waals surface area contributed by atoms with Gasteiger partial charge >= 0.3 is 12.1 Å². The van der Waals surface area contributed by atoms with Crippen molar-refractivity contribution < 1.29 is 59.0 Å². The van der Waals surface area contributed by atoms with Gasteiger partial charge in [-0.2, -0.15) is 21.6 Å². The van der Waals surface area contributed by atoms with Crippen LogP contribution in [0, 0.1) is 6.92 Å². The zero-order valence-electron chi connectivity index (χ0n) is 26.5. The molecule has 0 spiro atoms. The molecule has 0 saturated carbocycles. The van der Waals surface area contributed by atoms with E-state index >= 15 is 0 Å². The van der Waals surface area contributed by atoms with E-state index < -0.39 is 27.8 Å². The van der Waals surface area contributed by atoms with E-state index in [1.807, 2.05) is 6.92 Å². The molecule has 0 aliphatic rings. The van der Waals surface area contributed by atoms with Gasteiger partial charge in [-0.3, -0.25) is 4.18 Å². The van der Waals surface area contributed by atoms with Gasteiger partial charge in [0.2, 0.25) is 0 Å². The summed E-state index contributed by atoms with van der Waals surface area (Å²) in [6, 6.07) is 17.4. The number of nitrogens with one attached hydrogen (secondary N) is 1. The molecule has 48 heavy (non-hydrogen) atoms. The number of para-hydroxylation sites is 1. The van der Waals surface area contributed by atoms with Crippen LogP contribution in [0.5, 0.6) is 0 Å². The highest BCUT2D eigenvalue weighted by atomic mass is 32.2. The minimum Gasteiger partial charge on any atom is -0.460 e. The first kappa shape index (κ1) is 38.9. The number of aryl methyl sites for hydroxylation is 1. The van der Waals surface area contributed by atoms with Crippen LogP contribution in [0.2, 0.25) is 0 Å². The van der Waals surface area contributed by atoms with Crippen molar-refractivity contribution in [2.45, 2.75) is 18.0 Å². The summed E-state index contributed by atoms with van der Waals surface area (Å²) in [5.74, 6) is -0.643. The van der Waals surface area contributed by atoms with Gasteiger partial charge in [0, 0.05) is 5.69 Å². The average molecular weight is 700 g/mol. The molecule has 0 atom stereocenters. The van der Waals surface area contributed by atoms with Crippen LogP contribution < -0.4 is 5.32 Å². The Hall–Kier alpha value is -3.57. The molecule has 0 radical (unpaired) electrons. The number of ether oxygens (including phenoxy) is 6. The first-order valence-corrected chi connectivity index (χ1v) is 16.5. The molecule has 1 N–H and O–H groups in total. The van der Waals surface area contributed by atoms with Gasteiger partial charge in [-0.05, 0) is 49.4 Å². The lowest BCUT2D eigenvalue weighted by Gasteiger charge is -2.13. The zero-order chi connectivity index (χ0) is 34.7. The maximum Gasteiger partial charge on any atom is 0.416 e. The van der Waals surface area contributed by atoms with Gasteiger partial charge in [-0.1, -0.05) is 35.9 Å². The maximum atomic E-state index is 13.0. The highest BCUT2D eigenvalue weighted by Crippen LogP contribution is 2.32. The third-order valence-corrected chi connectivity index (χ3v) is 7.67. The van der Waals surface area contributed by atoms with Crippen LogP contribution in [0.1, 0.15) is 21.5 Å². The lowest BCUT2D eigenvalue weighted by Crippen LogP contribution is -2.16. The second-order valence-electron chi connectivity index (χ2n) is 10.0. The number of hydrogen-bond donors (Lipinski definition) is 1. The van der Waals surface area contributed by atoms with Crippen molar-refractivity contribution in [3.8, 4) is 0 Å². The summed E-state index contributed by atoms with van der Waals surface area (Å²) in [6.45, 7) is 4.61. The quantitative estimate of drug-likeness (QED) is 0.0776. The van der Waals surface area contributed by atoms with Crippen molar-refractivity contribution in [1.82, 2.24) is 0 Å². The highest BCUT2D eigenvalue weighted by molar-refractivity contribution is 7.86. The van der Waals surface area contributed by atoms with Crippen molar-refractivity contribution >= 4 is 27.5 Å². The molecule has 3 rings (SSSR count). The predicted molar refractivity (Wildman–Crippen MR) is 170 cm³/mol. The topological polar surface area (TPSA) is 128 Å². The summed E-state index contributed by atoms with van der Waals surface area (Å²) in [5, 5.41) is 2.84. The Kier molecular flexibility index (Phi) is 16.8. The summed E-state index contributed by atoms with van der Waals surface area (Å²) >= 11 is 0. The number of carbonyl (C=O) groups is 1. The van der Waals surface area contributed by atoms with Gasteiger partial charge in [0.05, 0.1) is 94.4 Å². The van der Waals surface area contributed by atoms with Crippen molar-refractivity contribution in [2.75, 3.05) is 84.6 Å². The van der Waals surface area contributed by atoms with Crippen molar-refractivity contribution in [3.63, 3.8) is 0 Å². The van der Waals surface area contributed by atoms with E-state index in [0.29, 0.717) is 45.3 Å². The molecule has 0 aromatic heterocycles. The lowest BCUT2D eigenvalue weighted by atomic mass is 10.1. The Bertz CT molecular complexity index is 1490. The lowest BCUT2D eigenvalue weighted by molar-refractivity contribution is -0.137. The van der Waals surface area contributed by atoms with Crippen LogP contribution in [-0.2, 0) is 48.9 Å². The fourth-order valence-electron chi connectivity index (χ4n) is 3.93. The first-order chi connectivity index (χ1) is 23.1. The monoisotopic (exact) mass is 699 g/mol. The minimum atomic E-state index is -4.48. The molecule has 0 heterocycles. The molecule has 0 bridgehead atoms. The molecule has 0 fully saturated rings. The van der Waals surface area contributed by atoms with Crippen molar-refractivity contribution in [1.29, 1.82) is 0 Å². The first-order valence-electron chi connectivity index (χ1n) is 15.1. The number of carbonyl (C=O) groups excluding carboxylic acids is 1. The summed E-state index contributed by atoms with van der Waals surface area (Å²) in [5.41, 5.74) is 0.819.